The van der Waals surface area contributed by atoms with Gasteiger partial charge in [-0.15, -0.1) is 0 Å². The van der Waals surface area contributed by atoms with Crippen LogP contribution in [0.5, 0.6) is 0 Å². The molecule has 0 N–H and O–H groups in total. The third kappa shape index (κ3) is 11.3. The van der Waals surface area contributed by atoms with E-state index < -0.39 is 17.7 Å². The topological polar surface area (TPSA) is 65.1 Å². The van der Waals surface area contributed by atoms with E-state index in [1.54, 1.807) is 20.8 Å². The minimum Gasteiger partial charge on any atom is -0.459 e. The summed E-state index contributed by atoms with van der Waals surface area (Å²) in [6.45, 7) is 8.38. The van der Waals surface area contributed by atoms with Crippen LogP contribution in [0.15, 0.2) is 0 Å². The van der Waals surface area contributed by atoms with Gasteiger partial charge in [0.25, 0.3) is 0 Å². The molecule has 124 valence electrons. The SMILES string of the molecule is CCCCOCCN(CC(=O)OC(C)(C)C)C(=O)OCCl. The lowest BCUT2D eigenvalue weighted by molar-refractivity contribution is -0.155. The first-order chi connectivity index (χ1) is 9.80. The minimum absolute atomic E-state index is 0.190. The summed E-state index contributed by atoms with van der Waals surface area (Å²) in [6.07, 6.45) is 1.34. The van der Waals surface area contributed by atoms with E-state index >= 15 is 0 Å². The smallest absolute Gasteiger partial charge is 0.411 e. The van der Waals surface area contributed by atoms with E-state index in [-0.39, 0.29) is 19.2 Å². The predicted octanol–water partition coefficient (Wildman–Crippen LogP) is 2.78. The molecule has 0 bridgehead atoms. The number of unbranched alkanes of at least 4 members (excludes halogenated alkanes) is 1. The molecule has 0 spiro atoms. The van der Waals surface area contributed by atoms with Gasteiger partial charge in [0.15, 0.2) is 6.07 Å². The maximum absolute atomic E-state index is 11.8. The highest BCUT2D eigenvalue weighted by Crippen LogP contribution is 2.08. The number of alkyl halides is 1. The molecule has 1 amide bonds. The summed E-state index contributed by atoms with van der Waals surface area (Å²) >= 11 is 5.37. The molecule has 6 nitrogen and oxygen atoms in total. The monoisotopic (exact) mass is 323 g/mol. The predicted molar refractivity (Wildman–Crippen MR) is 80.3 cm³/mol. The number of hydrogen-bond donors (Lipinski definition) is 0. The van der Waals surface area contributed by atoms with Crippen molar-refractivity contribution in [3.8, 4) is 0 Å². The Kier molecular flexibility index (Phi) is 10.2. The van der Waals surface area contributed by atoms with Crippen molar-refractivity contribution >= 4 is 23.7 Å². The lowest BCUT2D eigenvalue weighted by atomic mass is 10.2. The Morgan fingerprint density at radius 1 is 1.19 bits per heavy atom. The molecule has 0 fully saturated rings. The van der Waals surface area contributed by atoms with E-state index in [0.717, 1.165) is 12.8 Å². The van der Waals surface area contributed by atoms with Crippen LogP contribution in [-0.4, -0.2) is 54.9 Å². The average Bonchev–Trinajstić information content (AvgIpc) is 2.35. The van der Waals surface area contributed by atoms with Crippen molar-refractivity contribution in [2.24, 2.45) is 0 Å². The van der Waals surface area contributed by atoms with E-state index in [9.17, 15) is 9.59 Å². The Bertz CT molecular complexity index is 317. The quantitative estimate of drug-likeness (QED) is 0.371. The summed E-state index contributed by atoms with van der Waals surface area (Å²) < 4.78 is 15.3. The molecule has 0 atom stereocenters. The highest BCUT2D eigenvalue weighted by atomic mass is 35.5. The molecule has 0 aliphatic heterocycles. The fourth-order valence-electron chi connectivity index (χ4n) is 1.43. The highest BCUT2D eigenvalue weighted by Gasteiger charge is 2.22. The molecule has 0 aromatic carbocycles. The largest absolute Gasteiger partial charge is 0.459 e. The Hall–Kier alpha value is -1.01. The molecule has 0 aromatic rings. The van der Waals surface area contributed by atoms with Crippen molar-refractivity contribution in [1.29, 1.82) is 0 Å². The normalized spacial score (nSPS) is 11.1. The number of carbonyl (C=O) groups excluding carboxylic acids is 2. The number of ether oxygens (including phenoxy) is 3. The highest BCUT2D eigenvalue weighted by molar-refractivity contribution is 6.17. The standard InChI is InChI=1S/C14H26ClNO5/c1-5-6-8-19-9-7-16(13(18)20-11-15)10-12(17)21-14(2,3)4/h5-11H2,1-4H3. The van der Waals surface area contributed by atoms with Crippen molar-refractivity contribution in [3.05, 3.63) is 0 Å². The fraction of sp³-hybridized carbons (Fsp3) is 0.857. The zero-order valence-corrected chi connectivity index (χ0v) is 14.1. The molecule has 21 heavy (non-hydrogen) atoms. The minimum atomic E-state index is -0.657. The molecular weight excluding hydrogens is 298 g/mol. The maximum atomic E-state index is 11.8. The summed E-state index contributed by atoms with van der Waals surface area (Å²) in [5.74, 6) is -0.498. The number of nitrogens with zero attached hydrogens (tertiary/aromatic N) is 1. The molecule has 0 saturated heterocycles. The van der Waals surface area contributed by atoms with Crippen LogP contribution in [0.3, 0.4) is 0 Å². The van der Waals surface area contributed by atoms with E-state index in [4.69, 9.17) is 25.8 Å². The van der Waals surface area contributed by atoms with Gasteiger partial charge in [-0.2, -0.15) is 0 Å². The number of esters is 1. The molecule has 0 rings (SSSR count). The number of hydrogen-bond acceptors (Lipinski definition) is 5. The van der Waals surface area contributed by atoms with Crippen molar-refractivity contribution in [1.82, 2.24) is 4.90 Å². The zero-order chi connectivity index (χ0) is 16.3. The van der Waals surface area contributed by atoms with Crippen LogP contribution < -0.4 is 0 Å². The first kappa shape index (κ1) is 20.0. The molecule has 0 unspecified atom stereocenters. The van der Waals surface area contributed by atoms with E-state index in [1.807, 2.05) is 0 Å². The van der Waals surface area contributed by atoms with Gasteiger partial charge in [-0.25, -0.2) is 4.79 Å². The van der Waals surface area contributed by atoms with Crippen molar-refractivity contribution in [3.63, 3.8) is 0 Å². The third-order valence-corrected chi connectivity index (χ3v) is 2.43. The van der Waals surface area contributed by atoms with Crippen LogP contribution in [0.4, 0.5) is 4.79 Å². The third-order valence-electron chi connectivity index (χ3n) is 2.32. The zero-order valence-electron chi connectivity index (χ0n) is 13.3. The fourth-order valence-corrected chi connectivity index (χ4v) is 1.52. The number of amides is 1. The first-order valence-electron chi connectivity index (χ1n) is 7.07. The summed E-state index contributed by atoms with van der Waals surface area (Å²) in [7, 11) is 0. The van der Waals surface area contributed by atoms with E-state index in [0.29, 0.717) is 13.2 Å². The Labute approximate surface area is 131 Å². The van der Waals surface area contributed by atoms with Gasteiger partial charge in [-0.1, -0.05) is 24.9 Å². The van der Waals surface area contributed by atoms with Crippen LogP contribution in [0.1, 0.15) is 40.5 Å². The molecule has 0 heterocycles. The second kappa shape index (κ2) is 10.7. The van der Waals surface area contributed by atoms with E-state index in [1.165, 1.54) is 4.90 Å². The first-order valence-corrected chi connectivity index (χ1v) is 7.61. The molecule has 0 radical (unpaired) electrons. The van der Waals surface area contributed by atoms with Crippen molar-refractivity contribution in [2.45, 2.75) is 46.1 Å². The molecule has 0 saturated carbocycles. The van der Waals surface area contributed by atoms with Crippen LogP contribution in [0.25, 0.3) is 0 Å². The van der Waals surface area contributed by atoms with Gasteiger partial charge in [0.1, 0.15) is 12.1 Å². The molecule has 7 heteroatoms. The Balaban J connectivity index is 4.32. The Morgan fingerprint density at radius 3 is 2.38 bits per heavy atom. The molecule has 0 aliphatic carbocycles. The van der Waals surface area contributed by atoms with Crippen LogP contribution in [0, 0.1) is 0 Å². The van der Waals surface area contributed by atoms with Gasteiger partial charge in [0.05, 0.1) is 6.61 Å². The molecule has 0 aliphatic rings. The van der Waals surface area contributed by atoms with Gasteiger partial charge >= 0.3 is 12.1 Å². The molecule has 0 aromatic heterocycles. The summed E-state index contributed by atoms with van der Waals surface area (Å²) in [5, 5.41) is 0. The van der Waals surface area contributed by atoms with Crippen LogP contribution in [0.2, 0.25) is 0 Å². The number of rotatable bonds is 9. The van der Waals surface area contributed by atoms with Crippen molar-refractivity contribution < 1.29 is 23.8 Å². The number of halogens is 1. The molecular formula is C14H26ClNO5. The average molecular weight is 324 g/mol. The van der Waals surface area contributed by atoms with Gasteiger partial charge in [0, 0.05) is 13.2 Å². The maximum Gasteiger partial charge on any atom is 0.411 e. The summed E-state index contributed by atoms with van der Waals surface area (Å²) in [6, 6.07) is -0.264. The lowest BCUT2D eigenvalue weighted by Crippen LogP contribution is -2.40. The van der Waals surface area contributed by atoms with Gasteiger partial charge < -0.3 is 14.2 Å². The summed E-state index contributed by atoms with van der Waals surface area (Å²) in [5.41, 5.74) is -0.600. The van der Waals surface area contributed by atoms with Crippen LogP contribution in [-0.2, 0) is 19.0 Å². The second-order valence-corrected chi connectivity index (χ2v) is 5.71. The lowest BCUT2D eigenvalue weighted by Gasteiger charge is -2.24. The Morgan fingerprint density at radius 2 is 1.86 bits per heavy atom. The van der Waals surface area contributed by atoms with Crippen LogP contribution >= 0.6 is 11.6 Å². The summed E-state index contributed by atoms with van der Waals surface area (Å²) in [4.78, 5) is 24.7. The second-order valence-electron chi connectivity index (χ2n) is 5.49. The van der Waals surface area contributed by atoms with E-state index in [2.05, 4.69) is 6.92 Å². The van der Waals surface area contributed by atoms with Crippen molar-refractivity contribution in [2.75, 3.05) is 32.4 Å². The van der Waals surface area contributed by atoms with Gasteiger partial charge in [-0.3, -0.25) is 9.69 Å². The van der Waals surface area contributed by atoms with Gasteiger partial charge in [0.2, 0.25) is 0 Å². The number of carbonyl (C=O) groups is 2. The van der Waals surface area contributed by atoms with Gasteiger partial charge in [-0.05, 0) is 27.2 Å².